The van der Waals surface area contributed by atoms with Crippen molar-refractivity contribution in [1.29, 1.82) is 5.26 Å². The van der Waals surface area contributed by atoms with Gasteiger partial charge in [-0.15, -0.1) is 11.3 Å². The average molecular weight is 479 g/mol. The number of nitrogens with zero attached hydrogens (tertiary/aromatic N) is 3. The molecular weight excluding hydrogens is 452 g/mol. The summed E-state index contributed by atoms with van der Waals surface area (Å²) in [4.78, 5) is 9.04. The minimum Gasteiger partial charge on any atom is -0.368 e. The second kappa shape index (κ2) is 8.12. The molecule has 3 unspecified atom stereocenters. The number of fused-ring (bicyclic) bond motifs is 1. The van der Waals surface area contributed by atoms with Gasteiger partial charge in [0.05, 0.1) is 6.20 Å². The van der Waals surface area contributed by atoms with E-state index < -0.39 is 0 Å². The molecule has 1 aromatic carbocycles. The van der Waals surface area contributed by atoms with Gasteiger partial charge >= 0.3 is 0 Å². The molecule has 2 aromatic heterocycles. The van der Waals surface area contributed by atoms with Gasteiger partial charge in [0.15, 0.2) is 0 Å². The Morgan fingerprint density at radius 3 is 2.82 bits per heavy atom. The molecule has 0 amide bonds. The van der Waals surface area contributed by atoms with E-state index in [1.807, 2.05) is 18.2 Å². The Morgan fingerprint density at radius 2 is 2.03 bits per heavy atom. The zero-order valence-corrected chi connectivity index (χ0v) is 19.9. The smallest absolute Gasteiger partial charge is 0.224 e. The van der Waals surface area contributed by atoms with E-state index in [-0.39, 0.29) is 5.41 Å². The number of nitriles is 1. The molecule has 4 N–H and O–H groups in total. The maximum absolute atomic E-state index is 9.61. The number of nitrogens with two attached hydrogens (primary N) is 1. The van der Waals surface area contributed by atoms with E-state index in [1.54, 1.807) is 17.5 Å². The van der Waals surface area contributed by atoms with Crippen molar-refractivity contribution in [1.82, 2.24) is 9.97 Å². The van der Waals surface area contributed by atoms with Crippen LogP contribution in [-0.4, -0.2) is 22.6 Å². The Balaban J connectivity index is 1.17. The lowest BCUT2D eigenvalue weighted by Crippen LogP contribution is -2.58. The SMILES string of the molecule is N#Cc1cnc(NCc2csc3ccc(Cl)cc23)nc1NCC12CC3C[C@H](C1)C(N)[C@@H](C3)C2. The quantitative estimate of drug-likeness (QED) is 0.439. The molecule has 7 rings (SSSR count). The minimum atomic E-state index is 0.284. The number of halogens is 1. The monoisotopic (exact) mass is 478 g/mol. The molecule has 3 aromatic rings. The number of rotatable bonds is 6. The number of hydrogen-bond acceptors (Lipinski definition) is 7. The highest BCUT2D eigenvalue weighted by Gasteiger charge is 2.54. The molecule has 8 heteroatoms. The molecule has 0 saturated heterocycles. The third kappa shape index (κ3) is 3.84. The molecule has 4 aliphatic rings. The standard InChI is InChI=1S/C25H27ClN6S/c26-19-1-2-21-20(5-19)18(12-33-21)11-30-24-29-10-17(9-27)23(32-24)31-13-25-6-14-3-15(7-25)22(28)16(4-14)8-25/h1-2,5,10,12,14-16,22H,3-4,6-8,11,13,28H2,(H2,29,30,31,32)/t14?,15-,16+,22?,25?. The number of aromatic nitrogens is 2. The summed E-state index contributed by atoms with van der Waals surface area (Å²) in [6, 6.07) is 8.57. The predicted molar refractivity (Wildman–Crippen MR) is 133 cm³/mol. The van der Waals surface area contributed by atoms with Crippen molar-refractivity contribution in [2.75, 3.05) is 17.2 Å². The topological polar surface area (TPSA) is 99.6 Å². The van der Waals surface area contributed by atoms with Gasteiger partial charge in [-0.25, -0.2) is 4.98 Å². The van der Waals surface area contributed by atoms with Gasteiger partial charge in [0, 0.05) is 28.9 Å². The van der Waals surface area contributed by atoms with Gasteiger partial charge in [-0.1, -0.05) is 11.6 Å². The normalized spacial score (nSPS) is 29.8. The Morgan fingerprint density at radius 1 is 1.21 bits per heavy atom. The molecular formula is C25H27ClN6S. The number of hydrogen-bond donors (Lipinski definition) is 3. The zero-order chi connectivity index (χ0) is 22.6. The molecule has 170 valence electrons. The lowest BCUT2D eigenvalue weighted by Gasteiger charge is -2.59. The van der Waals surface area contributed by atoms with Crippen LogP contribution < -0.4 is 16.4 Å². The Labute approximate surface area is 202 Å². The zero-order valence-electron chi connectivity index (χ0n) is 18.4. The number of thiophene rings is 1. The van der Waals surface area contributed by atoms with Crippen molar-refractivity contribution in [3.05, 3.63) is 45.9 Å². The Kier molecular flexibility index (Phi) is 5.21. The molecule has 33 heavy (non-hydrogen) atoms. The van der Waals surface area contributed by atoms with E-state index in [1.165, 1.54) is 36.8 Å². The van der Waals surface area contributed by atoms with Gasteiger partial charge in [0.2, 0.25) is 5.95 Å². The highest BCUT2D eigenvalue weighted by atomic mass is 35.5. The molecule has 0 radical (unpaired) electrons. The molecule has 4 fully saturated rings. The van der Waals surface area contributed by atoms with Crippen LogP contribution in [-0.2, 0) is 6.54 Å². The molecule has 0 spiro atoms. The number of nitrogens with one attached hydrogen (secondary N) is 2. The third-order valence-electron chi connectivity index (χ3n) is 8.07. The third-order valence-corrected chi connectivity index (χ3v) is 9.31. The molecule has 6 nitrogen and oxygen atoms in total. The first-order chi connectivity index (χ1) is 16.0. The van der Waals surface area contributed by atoms with Crippen molar-refractivity contribution in [3.8, 4) is 6.07 Å². The van der Waals surface area contributed by atoms with E-state index in [2.05, 4.69) is 32.1 Å². The molecule has 4 aliphatic carbocycles. The fraction of sp³-hybridized carbons (Fsp3) is 0.480. The Hall–Kier alpha value is -2.40. The largest absolute Gasteiger partial charge is 0.368 e. The lowest BCUT2D eigenvalue weighted by molar-refractivity contribution is -0.0591. The second-order valence-corrected chi connectivity index (χ2v) is 11.6. The number of benzene rings is 1. The van der Waals surface area contributed by atoms with Crippen LogP contribution in [0.2, 0.25) is 5.02 Å². The summed E-state index contributed by atoms with van der Waals surface area (Å²) in [6.07, 6.45) is 7.86. The first kappa shape index (κ1) is 21.2. The van der Waals surface area contributed by atoms with Gasteiger partial charge in [-0.2, -0.15) is 10.2 Å². The van der Waals surface area contributed by atoms with Crippen LogP contribution in [0.1, 0.15) is 43.2 Å². The van der Waals surface area contributed by atoms with Crippen LogP contribution in [0.25, 0.3) is 10.1 Å². The van der Waals surface area contributed by atoms with Crippen LogP contribution in [0.15, 0.2) is 29.8 Å². The molecule has 2 heterocycles. The first-order valence-electron chi connectivity index (χ1n) is 11.7. The number of anilines is 2. The predicted octanol–water partition coefficient (Wildman–Crippen LogP) is 5.39. The first-order valence-corrected chi connectivity index (χ1v) is 12.9. The van der Waals surface area contributed by atoms with Crippen molar-refractivity contribution in [2.24, 2.45) is 28.9 Å². The van der Waals surface area contributed by atoms with Crippen LogP contribution in [0.4, 0.5) is 11.8 Å². The molecule has 5 atom stereocenters. The van der Waals surface area contributed by atoms with Crippen molar-refractivity contribution >= 4 is 44.8 Å². The maximum atomic E-state index is 9.61. The van der Waals surface area contributed by atoms with Crippen molar-refractivity contribution in [3.63, 3.8) is 0 Å². The summed E-state index contributed by atoms with van der Waals surface area (Å²) in [7, 11) is 0. The summed E-state index contributed by atoms with van der Waals surface area (Å²) in [5.41, 5.74) is 8.44. The van der Waals surface area contributed by atoms with E-state index in [9.17, 15) is 5.26 Å². The summed E-state index contributed by atoms with van der Waals surface area (Å²) in [5.74, 6) is 3.27. The fourth-order valence-electron chi connectivity index (χ4n) is 6.77. The van der Waals surface area contributed by atoms with Crippen molar-refractivity contribution < 1.29 is 0 Å². The summed E-state index contributed by atoms with van der Waals surface area (Å²) < 4.78 is 1.20. The van der Waals surface area contributed by atoms with E-state index in [4.69, 9.17) is 17.3 Å². The Bertz CT molecular complexity index is 1230. The van der Waals surface area contributed by atoms with Crippen molar-refractivity contribution in [2.45, 2.75) is 44.7 Å². The maximum Gasteiger partial charge on any atom is 0.224 e. The average Bonchev–Trinajstić information content (AvgIpc) is 3.21. The lowest BCUT2D eigenvalue weighted by atomic mass is 9.48. The highest BCUT2D eigenvalue weighted by Crippen LogP contribution is 2.59. The van der Waals surface area contributed by atoms with Gasteiger partial charge in [-0.05, 0) is 89.8 Å². The van der Waals surface area contributed by atoms with Crippen LogP contribution in [0.3, 0.4) is 0 Å². The minimum absolute atomic E-state index is 0.284. The van der Waals surface area contributed by atoms with Crippen LogP contribution in [0.5, 0.6) is 0 Å². The van der Waals surface area contributed by atoms with Gasteiger partial charge in [0.1, 0.15) is 17.5 Å². The van der Waals surface area contributed by atoms with Crippen LogP contribution in [0, 0.1) is 34.5 Å². The highest BCUT2D eigenvalue weighted by molar-refractivity contribution is 7.17. The fourth-order valence-corrected chi connectivity index (χ4v) is 7.88. The summed E-state index contributed by atoms with van der Waals surface area (Å²) >= 11 is 7.89. The summed E-state index contributed by atoms with van der Waals surface area (Å²) in [5, 5.41) is 20.5. The second-order valence-electron chi connectivity index (χ2n) is 10.2. The van der Waals surface area contributed by atoms with E-state index in [0.717, 1.165) is 28.4 Å². The van der Waals surface area contributed by atoms with Gasteiger partial charge in [-0.3, -0.25) is 0 Å². The molecule has 0 aliphatic heterocycles. The molecule has 4 saturated carbocycles. The van der Waals surface area contributed by atoms with Gasteiger partial charge < -0.3 is 16.4 Å². The molecule has 4 bridgehead atoms. The van der Waals surface area contributed by atoms with Crippen LogP contribution >= 0.6 is 22.9 Å². The summed E-state index contributed by atoms with van der Waals surface area (Å²) in [6.45, 7) is 1.45. The van der Waals surface area contributed by atoms with E-state index >= 15 is 0 Å². The van der Waals surface area contributed by atoms with Gasteiger partial charge in [0.25, 0.3) is 0 Å². The van der Waals surface area contributed by atoms with E-state index in [0.29, 0.717) is 41.8 Å².